The number of halogens is 2. The maximum atomic E-state index is 14.6. The maximum Gasteiger partial charge on any atom is 0.201 e. The fraction of sp³-hybridized carbons (Fsp3) is 0.214. The first-order valence-corrected chi connectivity index (χ1v) is 11.3. The highest BCUT2D eigenvalue weighted by atomic mass is 19.2. The summed E-state index contributed by atoms with van der Waals surface area (Å²) in [5.41, 5.74) is 6.05. The van der Waals surface area contributed by atoms with Crippen molar-refractivity contribution in [2.75, 3.05) is 0 Å². The number of aromatic nitrogens is 2. The van der Waals surface area contributed by atoms with Crippen LogP contribution in [-0.4, -0.2) is 9.55 Å². The average Bonchev–Trinajstić information content (AvgIpc) is 3.09. The van der Waals surface area contributed by atoms with Crippen LogP contribution in [0.4, 0.5) is 8.78 Å². The monoisotopic (exact) mass is 455 g/mol. The number of hydrogen-bond donors (Lipinski definition) is 0. The van der Waals surface area contributed by atoms with Crippen LogP contribution in [0.2, 0.25) is 0 Å². The number of rotatable bonds is 4. The van der Waals surface area contributed by atoms with Crippen LogP contribution in [0.3, 0.4) is 0 Å². The largest absolute Gasteiger partial charge is 0.485 e. The Labute approximate surface area is 196 Å². The minimum absolute atomic E-state index is 0.0747. The lowest BCUT2D eigenvalue weighted by Crippen LogP contribution is -2.06. The molecule has 3 aromatic carbocycles. The summed E-state index contributed by atoms with van der Waals surface area (Å²) in [6.07, 6.45) is 1.86. The summed E-state index contributed by atoms with van der Waals surface area (Å²) in [7, 11) is 0. The molecule has 0 saturated heterocycles. The molecule has 0 unspecified atom stereocenters. The summed E-state index contributed by atoms with van der Waals surface area (Å²) in [5.74, 6) is -1.15. The molecule has 0 aliphatic carbocycles. The van der Waals surface area contributed by atoms with E-state index >= 15 is 0 Å². The number of hydrogen-bond acceptors (Lipinski definition) is 3. The van der Waals surface area contributed by atoms with Crippen molar-refractivity contribution >= 4 is 16.6 Å². The van der Waals surface area contributed by atoms with Crippen molar-refractivity contribution in [1.82, 2.24) is 9.55 Å². The molecule has 0 bridgehead atoms. The Kier molecular flexibility index (Phi) is 5.62. The zero-order chi connectivity index (χ0) is 23.8. The van der Waals surface area contributed by atoms with E-state index in [-0.39, 0.29) is 12.4 Å². The third kappa shape index (κ3) is 3.63. The number of ether oxygens (including phenoxy) is 1. The fourth-order valence-corrected chi connectivity index (χ4v) is 4.63. The van der Waals surface area contributed by atoms with Crippen molar-refractivity contribution < 1.29 is 13.5 Å². The molecule has 0 spiro atoms. The van der Waals surface area contributed by atoms with E-state index in [9.17, 15) is 14.0 Å². The molecule has 0 saturated carbocycles. The Morgan fingerprint density at radius 2 is 1.91 bits per heavy atom. The van der Waals surface area contributed by atoms with Crippen LogP contribution in [0, 0.1) is 23.0 Å². The van der Waals surface area contributed by atoms with Crippen molar-refractivity contribution in [3.63, 3.8) is 0 Å². The van der Waals surface area contributed by atoms with Crippen LogP contribution in [0.25, 0.3) is 16.6 Å². The Morgan fingerprint density at radius 1 is 1.12 bits per heavy atom. The standard InChI is InChI=1S/C28H23F2N3O/c1-3-6-25-32-23-7-4-5-8-24(23)33(25)15-18-9-10-20-19(13-18)16-34-28-21(26(20)17(2)14-31)11-12-22(29)27(28)30/h4-5,7-13H,3,6,15-16H2,1-2H3. The molecule has 0 amide bonds. The van der Waals surface area contributed by atoms with Crippen LogP contribution < -0.4 is 4.74 Å². The Hall–Kier alpha value is -3.98. The van der Waals surface area contributed by atoms with Gasteiger partial charge in [-0.15, -0.1) is 0 Å². The van der Waals surface area contributed by atoms with Gasteiger partial charge in [0.25, 0.3) is 0 Å². The lowest BCUT2D eigenvalue weighted by Gasteiger charge is -2.14. The molecule has 0 N–H and O–H groups in total. The summed E-state index contributed by atoms with van der Waals surface area (Å²) in [6, 6.07) is 18.8. The average molecular weight is 456 g/mol. The molecule has 0 fully saturated rings. The first-order chi connectivity index (χ1) is 16.5. The molecule has 4 nitrogen and oxygen atoms in total. The fourth-order valence-electron chi connectivity index (χ4n) is 4.63. The van der Waals surface area contributed by atoms with Gasteiger partial charge < -0.3 is 9.30 Å². The first kappa shape index (κ1) is 21.8. The van der Waals surface area contributed by atoms with E-state index < -0.39 is 11.6 Å². The van der Waals surface area contributed by atoms with E-state index in [1.165, 1.54) is 6.07 Å². The van der Waals surface area contributed by atoms with E-state index in [2.05, 4.69) is 23.6 Å². The predicted molar refractivity (Wildman–Crippen MR) is 127 cm³/mol. The molecule has 0 atom stereocenters. The normalized spacial score (nSPS) is 14.1. The van der Waals surface area contributed by atoms with Gasteiger partial charge >= 0.3 is 0 Å². The number of allylic oxidation sites excluding steroid dienone is 1. The molecular formula is C28H23F2N3O. The van der Waals surface area contributed by atoms with E-state index in [0.29, 0.717) is 23.3 Å². The molecule has 34 heavy (non-hydrogen) atoms. The summed E-state index contributed by atoms with van der Waals surface area (Å²) in [4.78, 5) is 4.81. The van der Waals surface area contributed by atoms with Gasteiger partial charge in [-0.05, 0) is 60.4 Å². The van der Waals surface area contributed by atoms with Crippen molar-refractivity contribution in [3.8, 4) is 11.8 Å². The predicted octanol–water partition coefficient (Wildman–Crippen LogP) is 6.55. The lowest BCUT2D eigenvalue weighted by molar-refractivity contribution is 0.285. The number of nitriles is 1. The molecule has 170 valence electrons. The van der Waals surface area contributed by atoms with Gasteiger partial charge in [0.1, 0.15) is 12.4 Å². The molecule has 5 rings (SSSR count). The molecule has 1 aromatic heterocycles. The zero-order valence-corrected chi connectivity index (χ0v) is 19.0. The quantitative estimate of drug-likeness (QED) is 0.328. The van der Waals surface area contributed by atoms with Gasteiger partial charge in [-0.3, -0.25) is 0 Å². The smallest absolute Gasteiger partial charge is 0.201 e. The van der Waals surface area contributed by atoms with Crippen molar-refractivity contribution in [1.29, 1.82) is 5.26 Å². The number of aryl methyl sites for hydroxylation is 1. The zero-order valence-electron chi connectivity index (χ0n) is 19.0. The first-order valence-electron chi connectivity index (χ1n) is 11.3. The molecule has 0 radical (unpaired) electrons. The highest BCUT2D eigenvalue weighted by Crippen LogP contribution is 2.41. The number of nitrogens with zero attached hydrogens (tertiary/aromatic N) is 3. The van der Waals surface area contributed by atoms with E-state index in [0.717, 1.165) is 52.5 Å². The van der Waals surface area contributed by atoms with Crippen molar-refractivity contribution in [2.45, 2.75) is 39.8 Å². The maximum absolute atomic E-state index is 14.6. The molecular weight excluding hydrogens is 432 g/mol. The number of fused-ring (bicyclic) bond motifs is 3. The Morgan fingerprint density at radius 3 is 2.71 bits per heavy atom. The van der Waals surface area contributed by atoms with Crippen LogP contribution in [0.15, 0.2) is 60.2 Å². The Balaban J connectivity index is 1.61. The van der Waals surface area contributed by atoms with Crippen LogP contribution in [-0.2, 0) is 19.6 Å². The van der Waals surface area contributed by atoms with Gasteiger partial charge in [-0.25, -0.2) is 9.37 Å². The minimum Gasteiger partial charge on any atom is -0.485 e. The summed E-state index contributed by atoms with van der Waals surface area (Å²) >= 11 is 0. The van der Waals surface area contributed by atoms with Gasteiger partial charge in [0.2, 0.25) is 5.82 Å². The molecule has 1 aliphatic heterocycles. The SMILES string of the molecule is CCCc1nc2ccccc2n1Cc1ccc2c(c1)COc1c(ccc(F)c1F)C2=C(C)C#N. The van der Waals surface area contributed by atoms with Gasteiger partial charge in [0.05, 0.1) is 17.1 Å². The topological polar surface area (TPSA) is 50.8 Å². The minimum atomic E-state index is -1.04. The van der Waals surface area contributed by atoms with Crippen molar-refractivity contribution in [3.05, 3.63) is 99.9 Å². The second-order valence-electron chi connectivity index (χ2n) is 8.48. The van der Waals surface area contributed by atoms with Crippen LogP contribution in [0.1, 0.15) is 48.3 Å². The summed E-state index contributed by atoms with van der Waals surface area (Å²) in [5, 5.41) is 9.63. The number of para-hydroxylation sites is 2. The van der Waals surface area contributed by atoms with Crippen LogP contribution in [0.5, 0.6) is 5.75 Å². The van der Waals surface area contributed by atoms with E-state index in [1.54, 1.807) is 6.92 Å². The van der Waals surface area contributed by atoms with E-state index in [4.69, 9.17) is 9.72 Å². The third-order valence-electron chi connectivity index (χ3n) is 6.22. The van der Waals surface area contributed by atoms with Crippen molar-refractivity contribution in [2.24, 2.45) is 0 Å². The Bertz CT molecular complexity index is 1490. The number of benzene rings is 3. The van der Waals surface area contributed by atoms with E-state index in [1.807, 2.05) is 36.4 Å². The lowest BCUT2D eigenvalue weighted by atomic mass is 9.90. The van der Waals surface area contributed by atoms with Gasteiger partial charge in [-0.1, -0.05) is 31.2 Å². The molecule has 1 aliphatic rings. The molecule has 4 aromatic rings. The summed E-state index contributed by atoms with van der Waals surface area (Å²) in [6.45, 7) is 4.51. The molecule has 6 heteroatoms. The van der Waals surface area contributed by atoms with Gasteiger partial charge in [0, 0.05) is 29.7 Å². The van der Waals surface area contributed by atoms with Gasteiger partial charge in [0.15, 0.2) is 11.6 Å². The highest BCUT2D eigenvalue weighted by Gasteiger charge is 2.26. The second-order valence-corrected chi connectivity index (χ2v) is 8.48. The third-order valence-corrected chi connectivity index (χ3v) is 6.22. The second kappa shape index (κ2) is 8.75. The number of imidazole rings is 1. The highest BCUT2D eigenvalue weighted by molar-refractivity contribution is 5.88. The van der Waals surface area contributed by atoms with Crippen LogP contribution >= 0.6 is 0 Å². The van der Waals surface area contributed by atoms with Gasteiger partial charge in [-0.2, -0.15) is 9.65 Å². The summed E-state index contributed by atoms with van der Waals surface area (Å²) < 4.78 is 36.5. The molecule has 2 heterocycles.